The molecule has 0 aliphatic rings. The largest absolute Gasteiger partial charge is 0.489 e. The molecule has 0 bridgehead atoms. The van der Waals surface area contributed by atoms with Crippen LogP contribution < -0.4 is 15.4 Å². The molecule has 1 aromatic carbocycles. The van der Waals surface area contributed by atoms with Crippen LogP contribution in [0.2, 0.25) is 0 Å². The lowest BCUT2D eigenvalue weighted by molar-refractivity contribution is 0.268. The van der Waals surface area contributed by atoms with Crippen LogP contribution in [-0.2, 0) is 6.54 Å². The van der Waals surface area contributed by atoms with Crippen molar-refractivity contribution in [3.63, 3.8) is 0 Å². The van der Waals surface area contributed by atoms with Gasteiger partial charge in [-0.1, -0.05) is 30.9 Å². The normalized spacial score (nSPS) is 11.3. The fraction of sp³-hybridized carbons (Fsp3) is 0.571. The number of unbranched alkanes of at least 4 members (excludes halogenated alkanes) is 1. The molecule has 0 heterocycles. The van der Waals surface area contributed by atoms with Crippen molar-refractivity contribution in [2.45, 2.75) is 46.2 Å². The fourth-order valence-corrected chi connectivity index (χ4v) is 2.38. The third-order valence-electron chi connectivity index (χ3n) is 4.19. The molecule has 0 fully saturated rings. The molecule has 0 atom stereocenters. The quantitative estimate of drug-likeness (QED) is 0.153. The van der Waals surface area contributed by atoms with E-state index in [2.05, 4.69) is 49.9 Å². The molecule has 1 rings (SSSR count). The van der Waals surface area contributed by atoms with E-state index in [1.165, 1.54) is 6.42 Å². The van der Waals surface area contributed by atoms with Crippen molar-refractivity contribution in [1.82, 2.24) is 15.5 Å². The van der Waals surface area contributed by atoms with E-state index in [4.69, 9.17) is 9.73 Å². The number of ether oxygens (including phenoxy) is 1. The highest BCUT2D eigenvalue weighted by Crippen LogP contribution is 2.18. The molecule has 0 radical (unpaired) electrons. The van der Waals surface area contributed by atoms with E-state index in [9.17, 15) is 0 Å². The third-order valence-corrected chi connectivity index (χ3v) is 4.19. The van der Waals surface area contributed by atoms with E-state index in [0.29, 0.717) is 19.2 Å². The number of benzene rings is 1. The Kier molecular flexibility index (Phi) is 15.0. The SMILES string of the molecule is C=CCOc1ccccc1CN=C(NCC)NCCCCN(C)C(C)C.I. The summed E-state index contributed by atoms with van der Waals surface area (Å²) in [5.74, 6) is 1.71. The van der Waals surface area contributed by atoms with Gasteiger partial charge in [-0.2, -0.15) is 0 Å². The summed E-state index contributed by atoms with van der Waals surface area (Å²) in [5.41, 5.74) is 1.07. The summed E-state index contributed by atoms with van der Waals surface area (Å²) >= 11 is 0. The van der Waals surface area contributed by atoms with Gasteiger partial charge < -0.3 is 20.3 Å². The van der Waals surface area contributed by atoms with Gasteiger partial charge in [-0.25, -0.2) is 4.99 Å². The van der Waals surface area contributed by atoms with E-state index >= 15 is 0 Å². The number of aliphatic imine (C=N–C) groups is 1. The first kappa shape index (κ1) is 25.7. The average Bonchev–Trinajstić information content (AvgIpc) is 2.64. The van der Waals surface area contributed by atoms with Crippen LogP contribution in [0.4, 0.5) is 0 Å². The first-order valence-corrected chi connectivity index (χ1v) is 9.62. The minimum atomic E-state index is 0. The topological polar surface area (TPSA) is 48.9 Å². The molecule has 154 valence electrons. The van der Waals surface area contributed by atoms with Gasteiger partial charge in [0, 0.05) is 24.7 Å². The monoisotopic (exact) mass is 488 g/mol. The Labute approximate surface area is 182 Å². The predicted octanol–water partition coefficient (Wildman–Crippen LogP) is 4.04. The van der Waals surface area contributed by atoms with Crippen LogP contribution >= 0.6 is 24.0 Å². The minimum Gasteiger partial charge on any atom is -0.489 e. The molecular weight excluding hydrogens is 451 g/mol. The van der Waals surface area contributed by atoms with Crippen molar-refractivity contribution in [2.75, 3.05) is 33.3 Å². The maximum absolute atomic E-state index is 5.70. The second-order valence-corrected chi connectivity index (χ2v) is 6.61. The lowest BCUT2D eigenvalue weighted by Crippen LogP contribution is -2.38. The molecule has 0 saturated carbocycles. The van der Waals surface area contributed by atoms with E-state index in [-0.39, 0.29) is 24.0 Å². The Bertz CT molecular complexity index is 549. The van der Waals surface area contributed by atoms with Gasteiger partial charge in [-0.15, -0.1) is 24.0 Å². The average molecular weight is 488 g/mol. The van der Waals surface area contributed by atoms with Crippen LogP contribution in [0.1, 0.15) is 39.2 Å². The minimum absolute atomic E-state index is 0. The summed E-state index contributed by atoms with van der Waals surface area (Å²) < 4.78 is 5.70. The van der Waals surface area contributed by atoms with Crippen LogP contribution in [0.3, 0.4) is 0 Å². The molecule has 1 aromatic rings. The molecule has 0 amide bonds. The van der Waals surface area contributed by atoms with Crippen molar-refractivity contribution in [3.8, 4) is 5.75 Å². The summed E-state index contributed by atoms with van der Waals surface area (Å²) in [6.07, 6.45) is 4.06. The first-order chi connectivity index (χ1) is 12.6. The zero-order valence-electron chi connectivity index (χ0n) is 17.3. The Hall–Kier alpha value is -1.28. The zero-order valence-corrected chi connectivity index (χ0v) is 19.7. The zero-order chi connectivity index (χ0) is 19.2. The number of guanidine groups is 1. The van der Waals surface area contributed by atoms with Crippen LogP contribution in [0.25, 0.3) is 0 Å². The van der Waals surface area contributed by atoms with Gasteiger partial charge in [0.25, 0.3) is 0 Å². The van der Waals surface area contributed by atoms with Crippen molar-refractivity contribution in [2.24, 2.45) is 4.99 Å². The standard InChI is InChI=1S/C21H36N4O.HI/c1-6-16-26-20-13-9-8-12-19(20)17-24-21(22-7-2)23-14-10-11-15-25(5)18(3)4;/h6,8-9,12-13,18H,1,7,10-11,14-17H2,2-5H3,(H2,22,23,24);1H. The Morgan fingerprint density at radius 3 is 2.67 bits per heavy atom. The van der Waals surface area contributed by atoms with Crippen molar-refractivity contribution < 1.29 is 4.74 Å². The van der Waals surface area contributed by atoms with Gasteiger partial charge >= 0.3 is 0 Å². The molecule has 0 spiro atoms. The van der Waals surface area contributed by atoms with E-state index in [1.54, 1.807) is 6.08 Å². The summed E-state index contributed by atoms with van der Waals surface area (Å²) in [7, 11) is 2.18. The second-order valence-electron chi connectivity index (χ2n) is 6.61. The summed E-state index contributed by atoms with van der Waals surface area (Å²) in [6.45, 7) is 14.2. The Morgan fingerprint density at radius 1 is 1.26 bits per heavy atom. The summed E-state index contributed by atoms with van der Waals surface area (Å²) in [6, 6.07) is 8.61. The van der Waals surface area contributed by atoms with Gasteiger partial charge in [0.1, 0.15) is 12.4 Å². The van der Waals surface area contributed by atoms with Gasteiger partial charge in [0.05, 0.1) is 6.54 Å². The van der Waals surface area contributed by atoms with Crippen molar-refractivity contribution >= 4 is 29.9 Å². The molecule has 5 nitrogen and oxygen atoms in total. The second kappa shape index (κ2) is 15.7. The summed E-state index contributed by atoms with van der Waals surface area (Å²) in [4.78, 5) is 7.07. The van der Waals surface area contributed by atoms with Crippen LogP contribution in [0.5, 0.6) is 5.75 Å². The number of nitrogens with zero attached hydrogens (tertiary/aromatic N) is 2. The molecule has 0 aliphatic carbocycles. The Balaban J connectivity index is 0.00000676. The van der Waals surface area contributed by atoms with Crippen LogP contribution in [-0.4, -0.2) is 50.2 Å². The van der Waals surface area contributed by atoms with Gasteiger partial charge in [0.2, 0.25) is 0 Å². The lowest BCUT2D eigenvalue weighted by atomic mass is 10.2. The third kappa shape index (κ3) is 11.2. The molecular formula is C21H37IN4O. The number of halogens is 1. The van der Waals surface area contributed by atoms with E-state index in [0.717, 1.165) is 43.3 Å². The van der Waals surface area contributed by atoms with Crippen LogP contribution in [0.15, 0.2) is 41.9 Å². The number of rotatable bonds is 12. The summed E-state index contributed by atoms with van der Waals surface area (Å²) in [5, 5.41) is 6.72. The van der Waals surface area contributed by atoms with Crippen molar-refractivity contribution in [3.05, 3.63) is 42.5 Å². The van der Waals surface area contributed by atoms with Gasteiger partial charge in [0.15, 0.2) is 5.96 Å². The Morgan fingerprint density at radius 2 is 2.00 bits per heavy atom. The molecule has 2 N–H and O–H groups in total. The lowest BCUT2D eigenvalue weighted by Gasteiger charge is -2.20. The molecule has 0 saturated heterocycles. The van der Waals surface area contributed by atoms with Crippen molar-refractivity contribution in [1.29, 1.82) is 0 Å². The highest BCUT2D eigenvalue weighted by Gasteiger charge is 2.04. The molecule has 27 heavy (non-hydrogen) atoms. The highest BCUT2D eigenvalue weighted by molar-refractivity contribution is 14.0. The number of hydrogen-bond donors (Lipinski definition) is 2. The van der Waals surface area contributed by atoms with Crippen LogP contribution in [0, 0.1) is 0 Å². The highest BCUT2D eigenvalue weighted by atomic mass is 127. The molecule has 0 aliphatic heterocycles. The predicted molar refractivity (Wildman–Crippen MR) is 127 cm³/mol. The number of hydrogen-bond acceptors (Lipinski definition) is 3. The van der Waals surface area contributed by atoms with Gasteiger partial charge in [-0.3, -0.25) is 0 Å². The maximum atomic E-state index is 5.70. The first-order valence-electron chi connectivity index (χ1n) is 9.62. The fourth-order valence-electron chi connectivity index (χ4n) is 2.38. The van der Waals surface area contributed by atoms with E-state index in [1.807, 2.05) is 24.3 Å². The molecule has 0 aromatic heterocycles. The number of para-hydroxylation sites is 1. The molecule has 6 heteroatoms. The molecule has 0 unspecified atom stereocenters. The smallest absolute Gasteiger partial charge is 0.191 e. The van der Waals surface area contributed by atoms with E-state index < -0.39 is 0 Å². The number of nitrogens with one attached hydrogen (secondary N) is 2. The van der Waals surface area contributed by atoms with Gasteiger partial charge in [-0.05, 0) is 53.3 Å². The maximum Gasteiger partial charge on any atom is 0.191 e.